The van der Waals surface area contributed by atoms with Gasteiger partial charge < -0.3 is 15.4 Å². The van der Waals surface area contributed by atoms with Crippen LogP contribution in [0.5, 0.6) is 0 Å². The van der Waals surface area contributed by atoms with Crippen molar-refractivity contribution in [2.45, 2.75) is 45.3 Å². The first-order valence-corrected chi connectivity index (χ1v) is 10.5. The van der Waals surface area contributed by atoms with E-state index in [1.165, 1.54) is 30.5 Å². The Morgan fingerprint density at radius 3 is 2.69 bits per heavy atom. The summed E-state index contributed by atoms with van der Waals surface area (Å²) in [6, 6.07) is 7.52. The Labute approximate surface area is 184 Å². The number of anilines is 2. The second-order valence-electron chi connectivity index (χ2n) is 8.12. The van der Waals surface area contributed by atoms with E-state index in [0.717, 1.165) is 31.4 Å². The molecule has 1 aromatic carbocycles. The minimum Gasteiger partial charge on any atom is -0.452 e. The summed E-state index contributed by atoms with van der Waals surface area (Å²) in [7, 11) is 0. The number of ether oxygens (including phenoxy) is 1. The zero-order valence-corrected chi connectivity index (χ0v) is 17.9. The van der Waals surface area contributed by atoms with Crippen molar-refractivity contribution in [3.8, 4) is 0 Å². The third kappa shape index (κ3) is 5.99. The van der Waals surface area contributed by atoms with E-state index in [-0.39, 0.29) is 29.0 Å². The topological polar surface area (TPSA) is 80.3 Å². The number of nitrogens with one attached hydrogen (secondary N) is 2. The highest BCUT2D eigenvalue weighted by Gasteiger charge is 2.31. The molecule has 3 atom stereocenters. The minimum absolute atomic E-state index is 0.0115. The van der Waals surface area contributed by atoms with Crippen molar-refractivity contribution in [3.05, 3.63) is 53.7 Å². The lowest BCUT2D eigenvalue weighted by Crippen LogP contribution is -2.45. The molecule has 6 nitrogen and oxygen atoms in total. The molecule has 0 aliphatic heterocycles. The first-order valence-electron chi connectivity index (χ1n) is 10.5. The van der Waals surface area contributed by atoms with Crippen LogP contribution in [-0.2, 0) is 15.7 Å². The fraction of sp³-hybridized carbons (Fsp3) is 0.435. The number of rotatable bonds is 6. The van der Waals surface area contributed by atoms with Gasteiger partial charge in [-0.25, -0.2) is 9.78 Å². The van der Waals surface area contributed by atoms with Gasteiger partial charge in [-0.2, -0.15) is 13.2 Å². The molecule has 1 saturated carbocycles. The molecule has 1 amide bonds. The quantitative estimate of drug-likeness (QED) is 0.611. The van der Waals surface area contributed by atoms with E-state index in [0.29, 0.717) is 11.8 Å². The molecule has 32 heavy (non-hydrogen) atoms. The molecule has 0 saturated heterocycles. The van der Waals surface area contributed by atoms with Crippen LogP contribution < -0.4 is 10.6 Å². The summed E-state index contributed by atoms with van der Waals surface area (Å²) in [6.07, 6.45) is -0.0455. The largest absolute Gasteiger partial charge is 0.452 e. The van der Waals surface area contributed by atoms with Gasteiger partial charge in [-0.05, 0) is 48.6 Å². The number of aromatic nitrogens is 1. The number of esters is 1. The molecule has 2 N–H and O–H groups in total. The third-order valence-corrected chi connectivity index (χ3v) is 5.87. The first kappa shape index (κ1) is 23.6. The number of hydrogen-bond donors (Lipinski definition) is 2. The van der Waals surface area contributed by atoms with Crippen molar-refractivity contribution in [2.75, 3.05) is 11.9 Å². The number of carbonyl (C=O) groups is 2. The van der Waals surface area contributed by atoms with Crippen LogP contribution in [-0.4, -0.2) is 29.5 Å². The van der Waals surface area contributed by atoms with E-state index in [4.69, 9.17) is 4.74 Å². The van der Waals surface area contributed by atoms with Crippen molar-refractivity contribution in [3.63, 3.8) is 0 Å². The molecule has 1 aromatic heterocycles. The van der Waals surface area contributed by atoms with Crippen LogP contribution in [0.25, 0.3) is 0 Å². The summed E-state index contributed by atoms with van der Waals surface area (Å²) in [5.74, 6) is -0.304. The first-order chi connectivity index (χ1) is 15.1. The summed E-state index contributed by atoms with van der Waals surface area (Å²) >= 11 is 0. The summed E-state index contributed by atoms with van der Waals surface area (Å²) in [5.41, 5.74) is -0.700. The van der Waals surface area contributed by atoms with Gasteiger partial charge in [0.2, 0.25) is 0 Å². The van der Waals surface area contributed by atoms with Crippen LogP contribution in [0.1, 0.15) is 49.0 Å². The molecule has 0 radical (unpaired) electrons. The van der Waals surface area contributed by atoms with Gasteiger partial charge >= 0.3 is 12.1 Å². The van der Waals surface area contributed by atoms with Gasteiger partial charge in [-0.15, -0.1) is 0 Å². The maximum Gasteiger partial charge on any atom is 0.416 e. The molecule has 1 heterocycles. The maximum absolute atomic E-state index is 12.9. The molecule has 1 aliphatic rings. The van der Waals surface area contributed by atoms with Gasteiger partial charge in [0.1, 0.15) is 11.4 Å². The van der Waals surface area contributed by atoms with Crippen molar-refractivity contribution < 1.29 is 27.5 Å². The zero-order valence-electron chi connectivity index (χ0n) is 17.9. The van der Waals surface area contributed by atoms with Gasteiger partial charge in [0.25, 0.3) is 5.91 Å². The molecule has 2 aromatic rings. The van der Waals surface area contributed by atoms with Crippen molar-refractivity contribution >= 4 is 23.4 Å². The van der Waals surface area contributed by atoms with E-state index in [1.54, 1.807) is 0 Å². The van der Waals surface area contributed by atoms with Crippen LogP contribution in [0.15, 0.2) is 42.6 Å². The standard InChI is InChI=1S/C23H26F3N3O3/c1-14-6-3-10-19(15(14)2)29-20(30)13-32-22(31)18-9-5-11-27-21(18)28-17-8-4-7-16(12-17)23(24,25)26/h4-5,7-9,11-12,14-15,19H,3,6,10,13H2,1-2H3,(H,27,28)(H,29,30)/t14-,15+,19+/m1/s1. The summed E-state index contributed by atoms with van der Waals surface area (Å²) < 4.78 is 44.0. The van der Waals surface area contributed by atoms with Crippen LogP contribution in [0.4, 0.5) is 24.7 Å². The van der Waals surface area contributed by atoms with Gasteiger partial charge in [0, 0.05) is 17.9 Å². The van der Waals surface area contributed by atoms with Crippen LogP contribution in [0.2, 0.25) is 0 Å². The molecule has 0 spiro atoms. The average Bonchev–Trinajstić information content (AvgIpc) is 2.75. The van der Waals surface area contributed by atoms with Gasteiger partial charge in [0.15, 0.2) is 6.61 Å². The van der Waals surface area contributed by atoms with Crippen molar-refractivity contribution in [1.82, 2.24) is 10.3 Å². The van der Waals surface area contributed by atoms with E-state index < -0.39 is 24.3 Å². The minimum atomic E-state index is -4.50. The Morgan fingerprint density at radius 1 is 1.16 bits per heavy atom. The SMILES string of the molecule is C[C@H]1[C@H](C)CCC[C@@H]1NC(=O)COC(=O)c1cccnc1Nc1cccc(C(F)(F)F)c1. The Morgan fingerprint density at radius 2 is 1.94 bits per heavy atom. The molecule has 0 unspecified atom stereocenters. The number of carbonyl (C=O) groups excluding carboxylic acids is 2. The molecule has 9 heteroatoms. The Bertz CT molecular complexity index is 965. The lowest BCUT2D eigenvalue weighted by Gasteiger charge is -2.34. The Hall–Kier alpha value is -3.10. The van der Waals surface area contributed by atoms with Crippen LogP contribution in [0.3, 0.4) is 0 Å². The average molecular weight is 449 g/mol. The zero-order chi connectivity index (χ0) is 23.3. The smallest absolute Gasteiger partial charge is 0.416 e. The highest BCUT2D eigenvalue weighted by atomic mass is 19.4. The maximum atomic E-state index is 12.9. The summed E-state index contributed by atoms with van der Waals surface area (Å²) in [4.78, 5) is 28.8. The molecular formula is C23H26F3N3O3. The van der Waals surface area contributed by atoms with Crippen LogP contribution >= 0.6 is 0 Å². The Kier molecular flexibility index (Phi) is 7.37. The predicted molar refractivity (Wildman–Crippen MR) is 113 cm³/mol. The number of nitrogens with zero attached hydrogens (tertiary/aromatic N) is 1. The molecular weight excluding hydrogens is 423 g/mol. The molecule has 3 rings (SSSR count). The van der Waals surface area contributed by atoms with Crippen molar-refractivity contribution in [1.29, 1.82) is 0 Å². The number of pyridine rings is 1. The van der Waals surface area contributed by atoms with Gasteiger partial charge in [0.05, 0.1) is 5.56 Å². The van der Waals surface area contributed by atoms with Crippen molar-refractivity contribution in [2.24, 2.45) is 11.8 Å². The van der Waals surface area contributed by atoms with Crippen LogP contribution in [0, 0.1) is 11.8 Å². The predicted octanol–water partition coefficient (Wildman–Crippen LogP) is 4.94. The molecule has 172 valence electrons. The fourth-order valence-corrected chi connectivity index (χ4v) is 3.82. The highest BCUT2D eigenvalue weighted by molar-refractivity contribution is 5.96. The van der Waals surface area contributed by atoms with Gasteiger partial charge in [-0.3, -0.25) is 4.79 Å². The second-order valence-corrected chi connectivity index (χ2v) is 8.12. The Balaban J connectivity index is 1.63. The van der Waals surface area contributed by atoms with E-state index in [1.807, 2.05) is 0 Å². The lowest BCUT2D eigenvalue weighted by atomic mass is 9.78. The lowest BCUT2D eigenvalue weighted by molar-refractivity contribution is -0.137. The number of alkyl halides is 3. The number of halogens is 3. The highest BCUT2D eigenvalue weighted by Crippen LogP contribution is 2.32. The number of hydrogen-bond acceptors (Lipinski definition) is 5. The molecule has 1 fully saturated rings. The summed E-state index contributed by atoms with van der Waals surface area (Å²) in [6.45, 7) is 3.81. The van der Waals surface area contributed by atoms with E-state index >= 15 is 0 Å². The molecule has 0 bridgehead atoms. The number of amides is 1. The van der Waals surface area contributed by atoms with E-state index in [2.05, 4.69) is 29.5 Å². The third-order valence-electron chi connectivity index (χ3n) is 5.87. The van der Waals surface area contributed by atoms with Gasteiger partial charge in [-0.1, -0.05) is 32.8 Å². The summed E-state index contributed by atoms with van der Waals surface area (Å²) in [5, 5.41) is 5.64. The molecule has 1 aliphatic carbocycles. The normalized spacial score (nSPS) is 21.0. The monoisotopic (exact) mass is 449 g/mol. The van der Waals surface area contributed by atoms with E-state index in [9.17, 15) is 22.8 Å². The number of benzene rings is 1. The second kappa shape index (κ2) is 10.0. The fourth-order valence-electron chi connectivity index (χ4n) is 3.82.